The normalized spacial score (nSPS) is 16.7. The number of aliphatic imine (C=N–C) groups is 1. The molecule has 0 saturated carbocycles. The van der Waals surface area contributed by atoms with Gasteiger partial charge in [-0.05, 0) is 12.8 Å². The Morgan fingerprint density at radius 3 is 2.52 bits per heavy atom. The first kappa shape index (κ1) is 18.2. The Balaban J connectivity index is 0.00000220. The molecule has 0 unspecified atom stereocenters. The summed E-state index contributed by atoms with van der Waals surface area (Å²) in [5.41, 5.74) is 6.04. The van der Waals surface area contributed by atoms with Gasteiger partial charge in [0.15, 0.2) is 11.8 Å². The van der Waals surface area contributed by atoms with Crippen LogP contribution in [0.3, 0.4) is 0 Å². The smallest absolute Gasteiger partial charge is 0.228 e. The summed E-state index contributed by atoms with van der Waals surface area (Å²) in [6, 6.07) is 0. The van der Waals surface area contributed by atoms with Gasteiger partial charge in [0, 0.05) is 25.4 Å². The monoisotopic (exact) mass is 407 g/mol. The van der Waals surface area contributed by atoms with Gasteiger partial charge in [-0.2, -0.15) is 4.98 Å². The van der Waals surface area contributed by atoms with E-state index in [0.717, 1.165) is 18.9 Å². The van der Waals surface area contributed by atoms with Gasteiger partial charge < -0.3 is 15.2 Å². The maximum Gasteiger partial charge on any atom is 0.228 e. The van der Waals surface area contributed by atoms with Crippen molar-refractivity contribution in [2.24, 2.45) is 10.7 Å². The van der Waals surface area contributed by atoms with E-state index in [1.54, 1.807) is 0 Å². The summed E-state index contributed by atoms with van der Waals surface area (Å²) < 4.78 is 5.19. The minimum absolute atomic E-state index is 0. The third kappa shape index (κ3) is 5.80. The number of nitrogens with two attached hydrogens (primary N) is 1. The summed E-state index contributed by atoms with van der Waals surface area (Å²) >= 11 is 0. The van der Waals surface area contributed by atoms with Gasteiger partial charge in [0.25, 0.3) is 0 Å². The quantitative estimate of drug-likeness (QED) is 0.472. The van der Waals surface area contributed by atoms with Crippen molar-refractivity contribution in [1.29, 1.82) is 0 Å². The van der Waals surface area contributed by atoms with Crippen LogP contribution in [0.4, 0.5) is 0 Å². The van der Waals surface area contributed by atoms with Crippen molar-refractivity contribution >= 4 is 29.9 Å². The molecule has 2 heterocycles. The summed E-state index contributed by atoms with van der Waals surface area (Å²) in [4.78, 5) is 10.9. The van der Waals surface area contributed by atoms with Gasteiger partial charge in [-0.25, -0.2) is 0 Å². The molecule has 21 heavy (non-hydrogen) atoms. The van der Waals surface area contributed by atoms with E-state index in [9.17, 15) is 0 Å². The minimum atomic E-state index is 0. The first-order valence-electron chi connectivity index (χ1n) is 7.54. The van der Waals surface area contributed by atoms with Crippen molar-refractivity contribution in [1.82, 2.24) is 15.0 Å². The minimum Gasteiger partial charge on any atom is -0.370 e. The highest BCUT2D eigenvalue weighted by atomic mass is 127. The molecule has 1 fully saturated rings. The number of hydrogen-bond donors (Lipinski definition) is 1. The Hall–Kier alpha value is -0.860. The van der Waals surface area contributed by atoms with Crippen LogP contribution >= 0.6 is 24.0 Å². The fourth-order valence-electron chi connectivity index (χ4n) is 2.27. The van der Waals surface area contributed by atoms with Crippen LogP contribution < -0.4 is 5.73 Å². The van der Waals surface area contributed by atoms with Crippen LogP contribution in [0.15, 0.2) is 9.52 Å². The number of halogens is 1. The molecule has 0 spiro atoms. The molecule has 1 aliphatic heterocycles. The Labute approximate surface area is 143 Å². The fourth-order valence-corrected chi connectivity index (χ4v) is 2.27. The lowest BCUT2D eigenvalue weighted by Gasteiger charge is -2.20. The average Bonchev–Trinajstić information content (AvgIpc) is 2.73. The molecule has 7 heteroatoms. The average molecular weight is 407 g/mol. The van der Waals surface area contributed by atoms with E-state index in [1.165, 1.54) is 25.7 Å². The Morgan fingerprint density at radius 1 is 1.29 bits per heavy atom. The van der Waals surface area contributed by atoms with Crippen LogP contribution in [-0.4, -0.2) is 40.6 Å². The third-order valence-electron chi connectivity index (χ3n) is 3.53. The van der Waals surface area contributed by atoms with Gasteiger partial charge >= 0.3 is 0 Å². The van der Waals surface area contributed by atoms with Crippen LogP contribution in [0, 0.1) is 0 Å². The molecule has 0 atom stereocenters. The summed E-state index contributed by atoms with van der Waals surface area (Å²) in [6.07, 6.45) is 5.65. The predicted octanol–water partition coefficient (Wildman–Crippen LogP) is 2.54. The second-order valence-corrected chi connectivity index (χ2v) is 5.59. The molecule has 2 N–H and O–H groups in total. The molecular weight excluding hydrogens is 381 g/mol. The largest absolute Gasteiger partial charge is 0.370 e. The first-order chi connectivity index (χ1) is 9.66. The molecule has 0 bridgehead atoms. The van der Waals surface area contributed by atoms with E-state index in [2.05, 4.69) is 20.0 Å². The topological polar surface area (TPSA) is 80.5 Å². The number of nitrogens with zero attached hydrogens (tertiary/aromatic N) is 4. The van der Waals surface area contributed by atoms with Crippen LogP contribution in [-0.2, 0) is 6.42 Å². The zero-order valence-corrected chi connectivity index (χ0v) is 15.2. The lowest BCUT2D eigenvalue weighted by atomic mass is 10.2. The summed E-state index contributed by atoms with van der Waals surface area (Å²) in [7, 11) is 0. The molecule has 2 rings (SSSR count). The van der Waals surface area contributed by atoms with Crippen LogP contribution in [0.2, 0.25) is 0 Å². The van der Waals surface area contributed by atoms with Crippen molar-refractivity contribution in [3.8, 4) is 0 Å². The molecule has 1 aliphatic rings. The molecule has 1 aromatic heterocycles. The van der Waals surface area contributed by atoms with Crippen molar-refractivity contribution in [2.45, 2.75) is 51.9 Å². The molecule has 0 radical (unpaired) electrons. The zero-order valence-electron chi connectivity index (χ0n) is 12.9. The number of rotatable bonds is 4. The summed E-state index contributed by atoms with van der Waals surface area (Å²) in [5.74, 6) is 2.33. The van der Waals surface area contributed by atoms with Crippen LogP contribution in [0.5, 0.6) is 0 Å². The van der Waals surface area contributed by atoms with E-state index in [0.29, 0.717) is 24.8 Å². The van der Waals surface area contributed by atoms with Crippen molar-refractivity contribution < 1.29 is 4.52 Å². The second kappa shape index (κ2) is 9.22. The van der Waals surface area contributed by atoms with E-state index in [-0.39, 0.29) is 29.9 Å². The highest BCUT2D eigenvalue weighted by molar-refractivity contribution is 14.0. The molecule has 1 aromatic rings. The molecule has 120 valence electrons. The Kier molecular flexibility index (Phi) is 7.98. The Morgan fingerprint density at radius 2 is 1.95 bits per heavy atom. The standard InChI is InChI=1S/C14H25N5O.HI/c1-11(2)13-17-12(20-18-13)7-8-16-14(15)19-9-5-3-4-6-10-19;/h11H,3-10H2,1-2H3,(H2,15,16);1H. The van der Waals surface area contributed by atoms with Gasteiger partial charge in [0.1, 0.15) is 0 Å². The lowest BCUT2D eigenvalue weighted by molar-refractivity contribution is 0.372. The first-order valence-corrected chi connectivity index (χ1v) is 7.54. The zero-order chi connectivity index (χ0) is 14.4. The highest BCUT2D eigenvalue weighted by Crippen LogP contribution is 2.11. The summed E-state index contributed by atoms with van der Waals surface area (Å²) in [5, 5.41) is 3.94. The van der Waals surface area contributed by atoms with Gasteiger partial charge in [-0.3, -0.25) is 4.99 Å². The van der Waals surface area contributed by atoms with E-state index < -0.39 is 0 Å². The molecule has 1 saturated heterocycles. The number of guanidine groups is 1. The van der Waals surface area contributed by atoms with Gasteiger partial charge in [0.05, 0.1) is 6.54 Å². The molecule has 6 nitrogen and oxygen atoms in total. The van der Waals surface area contributed by atoms with E-state index >= 15 is 0 Å². The van der Waals surface area contributed by atoms with E-state index in [4.69, 9.17) is 10.3 Å². The van der Waals surface area contributed by atoms with Gasteiger partial charge in [0.2, 0.25) is 5.89 Å². The summed E-state index contributed by atoms with van der Waals surface area (Å²) in [6.45, 7) is 6.73. The van der Waals surface area contributed by atoms with Crippen molar-refractivity contribution in [3.05, 3.63) is 11.7 Å². The molecular formula is C14H26IN5O. The maximum absolute atomic E-state index is 6.04. The number of hydrogen-bond acceptors (Lipinski definition) is 4. The number of likely N-dealkylation sites (tertiary alicyclic amines) is 1. The lowest BCUT2D eigenvalue weighted by Crippen LogP contribution is -2.38. The maximum atomic E-state index is 6.04. The third-order valence-corrected chi connectivity index (χ3v) is 3.53. The van der Waals surface area contributed by atoms with Crippen molar-refractivity contribution in [2.75, 3.05) is 19.6 Å². The van der Waals surface area contributed by atoms with Gasteiger partial charge in [-0.15, -0.1) is 24.0 Å². The highest BCUT2D eigenvalue weighted by Gasteiger charge is 2.12. The van der Waals surface area contributed by atoms with Gasteiger partial charge in [-0.1, -0.05) is 31.8 Å². The molecule has 0 aliphatic carbocycles. The van der Waals surface area contributed by atoms with Crippen LogP contribution in [0.25, 0.3) is 0 Å². The number of aromatic nitrogens is 2. The SMILES string of the molecule is CC(C)c1noc(CCN=C(N)N2CCCCCC2)n1.I. The molecule has 0 amide bonds. The van der Waals surface area contributed by atoms with E-state index in [1.807, 2.05) is 13.8 Å². The Bertz CT molecular complexity index is 438. The van der Waals surface area contributed by atoms with Crippen LogP contribution in [0.1, 0.15) is 57.2 Å². The second-order valence-electron chi connectivity index (χ2n) is 5.59. The fraction of sp³-hybridized carbons (Fsp3) is 0.786. The molecule has 0 aromatic carbocycles. The van der Waals surface area contributed by atoms with Crippen molar-refractivity contribution in [3.63, 3.8) is 0 Å². The predicted molar refractivity (Wildman–Crippen MR) is 94.0 cm³/mol.